The topological polar surface area (TPSA) is 0 Å². The molecule has 0 aliphatic heterocycles. The van der Waals surface area contributed by atoms with Crippen LogP contribution in [0.3, 0.4) is 0 Å². The minimum absolute atomic E-state index is 1.20. The lowest BCUT2D eigenvalue weighted by Crippen LogP contribution is -1.59. The molecule has 0 spiro atoms. The molecule has 0 N–H and O–H groups in total. The minimum atomic E-state index is 1.20. The van der Waals surface area contributed by atoms with Crippen LogP contribution in [0, 0.1) is 0 Å². The van der Waals surface area contributed by atoms with Gasteiger partial charge in [0.15, 0.2) is 0 Å². The molecule has 0 saturated carbocycles. The maximum atomic E-state index is 2.22. The quantitative estimate of drug-likeness (QED) is 0.659. The van der Waals surface area contributed by atoms with Crippen molar-refractivity contribution in [3.05, 3.63) is 36.4 Å². The molecule has 0 aliphatic carbocycles. The van der Waals surface area contributed by atoms with E-state index in [0.717, 1.165) is 0 Å². The van der Waals surface area contributed by atoms with E-state index in [0.29, 0.717) is 0 Å². The van der Waals surface area contributed by atoms with E-state index < -0.39 is 0 Å². The average Bonchev–Trinajstić information content (AvgIpc) is 2.35. The molecule has 0 nitrogen and oxygen atoms in total. The summed E-state index contributed by atoms with van der Waals surface area (Å²) in [6, 6.07) is 12.0. The van der Waals surface area contributed by atoms with Crippen LogP contribution in [0.5, 0.6) is 0 Å². The van der Waals surface area contributed by atoms with E-state index in [4.69, 9.17) is 0 Å². The molecule has 0 amide bonds. The van der Waals surface area contributed by atoms with Gasteiger partial charge in [0.05, 0.1) is 0 Å². The fourth-order valence-corrected chi connectivity index (χ4v) is 1.88. The third-order valence-electron chi connectivity index (χ3n) is 1.67. The summed E-state index contributed by atoms with van der Waals surface area (Å²) in [7, 11) is 2.40. The van der Waals surface area contributed by atoms with Crippen LogP contribution in [0.2, 0.25) is 0 Å². The van der Waals surface area contributed by atoms with Crippen LogP contribution < -0.4 is 0 Å². The highest BCUT2D eigenvalue weighted by atomic mass is 31.1. The van der Waals surface area contributed by atoms with Gasteiger partial charge >= 0.3 is 0 Å². The molecule has 1 rings (SSSR count). The first-order chi connectivity index (χ1) is 7.83. The van der Waals surface area contributed by atoms with Crippen molar-refractivity contribution >= 4 is 17.2 Å². The van der Waals surface area contributed by atoms with Crippen molar-refractivity contribution in [3.8, 4) is 0 Å². The van der Waals surface area contributed by atoms with E-state index in [9.17, 15) is 0 Å². The zero-order valence-electron chi connectivity index (χ0n) is 11.3. The Bertz CT molecular complexity index is 139. The van der Waals surface area contributed by atoms with Gasteiger partial charge in [-0.1, -0.05) is 64.1 Å². The van der Waals surface area contributed by atoms with Gasteiger partial charge in [-0.3, -0.25) is 0 Å². The summed E-state index contributed by atoms with van der Waals surface area (Å²) in [4.78, 5) is 0. The van der Waals surface area contributed by atoms with Crippen LogP contribution in [0.25, 0.3) is 0 Å². The Balaban J connectivity index is 0. The molecule has 0 heterocycles. The monoisotopic (exact) mass is 258 g/mol. The van der Waals surface area contributed by atoms with E-state index >= 15 is 0 Å². The van der Waals surface area contributed by atoms with Gasteiger partial charge in [-0.15, -0.1) is 17.2 Å². The van der Waals surface area contributed by atoms with E-state index in [1.807, 2.05) is 36.4 Å². The van der Waals surface area contributed by atoms with Crippen LogP contribution in [0.1, 0.15) is 27.7 Å². The minimum Gasteiger partial charge on any atom is -0.123 e. The fraction of sp³-hybridized carbons (Fsp3) is 0.571. The lowest BCUT2D eigenvalue weighted by atomic mass is 10.4. The second-order valence-electron chi connectivity index (χ2n) is 3.07. The molecule has 0 saturated heterocycles. The van der Waals surface area contributed by atoms with Crippen molar-refractivity contribution < 1.29 is 0 Å². The highest BCUT2D eigenvalue weighted by Gasteiger charge is 1.67. The van der Waals surface area contributed by atoms with Gasteiger partial charge in [-0.25, -0.2) is 0 Å². The number of rotatable bonds is 4. The van der Waals surface area contributed by atoms with Gasteiger partial charge < -0.3 is 0 Å². The van der Waals surface area contributed by atoms with Crippen LogP contribution >= 0.6 is 17.2 Å². The molecule has 0 bridgehead atoms. The summed E-state index contributed by atoms with van der Waals surface area (Å²) >= 11 is 0. The molecule has 2 heteroatoms. The molecule has 0 unspecified atom stereocenters. The van der Waals surface area contributed by atoms with Crippen molar-refractivity contribution in [3.63, 3.8) is 0 Å². The normalized spacial score (nSPS) is 8.25. The van der Waals surface area contributed by atoms with E-state index in [-0.39, 0.29) is 0 Å². The SMILES string of the molecule is CCPCC.CCPCC.c1ccccc1. The Kier molecular flexibility index (Phi) is 23.6. The van der Waals surface area contributed by atoms with Crippen LogP contribution in [0.15, 0.2) is 36.4 Å². The van der Waals surface area contributed by atoms with Crippen molar-refractivity contribution in [2.24, 2.45) is 0 Å². The zero-order chi connectivity index (χ0) is 12.5. The Morgan fingerprint density at radius 3 is 0.750 bits per heavy atom. The Morgan fingerprint density at radius 1 is 0.500 bits per heavy atom. The third kappa shape index (κ3) is 23.7. The lowest BCUT2D eigenvalue weighted by Gasteiger charge is -1.80. The molecule has 16 heavy (non-hydrogen) atoms. The van der Waals surface area contributed by atoms with E-state index in [2.05, 4.69) is 27.7 Å². The zero-order valence-corrected chi connectivity index (χ0v) is 13.3. The molecule has 0 aliphatic rings. The number of hydrogen-bond acceptors (Lipinski definition) is 0. The summed E-state index contributed by atoms with van der Waals surface area (Å²) in [6.07, 6.45) is 5.49. The fourth-order valence-electron chi connectivity index (χ4n) is 0.885. The van der Waals surface area contributed by atoms with Crippen molar-refractivity contribution in [1.29, 1.82) is 0 Å². The van der Waals surface area contributed by atoms with Crippen LogP contribution in [-0.4, -0.2) is 24.6 Å². The highest BCUT2D eigenvalue weighted by molar-refractivity contribution is 7.38. The first-order valence-corrected chi connectivity index (χ1v) is 9.07. The molecule has 0 aromatic heterocycles. The molecule has 1 aromatic carbocycles. The number of benzene rings is 1. The van der Waals surface area contributed by atoms with Crippen LogP contribution in [-0.2, 0) is 0 Å². The van der Waals surface area contributed by atoms with Crippen molar-refractivity contribution in [1.82, 2.24) is 0 Å². The second-order valence-corrected chi connectivity index (χ2v) is 6.90. The maximum Gasteiger partial charge on any atom is -0.0382 e. The molecule has 0 atom stereocenters. The smallest absolute Gasteiger partial charge is 0.0382 e. The van der Waals surface area contributed by atoms with Gasteiger partial charge in [0.25, 0.3) is 0 Å². The van der Waals surface area contributed by atoms with Crippen molar-refractivity contribution in [2.75, 3.05) is 24.6 Å². The molecular formula is C14H28P2. The molecule has 94 valence electrons. The standard InChI is InChI=1S/C6H6.2C4H11P/c1-2-4-6-5-3-1;2*1-3-5-4-2/h1-6H;2*5H,3-4H2,1-2H3. The summed E-state index contributed by atoms with van der Waals surface area (Å²) < 4.78 is 0. The summed E-state index contributed by atoms with van der Waals surface area (Å²) in [6.45, 7) is 8.90. The van der Waals surface area contributed by atoms with Gasteiger partial charge in [-0.05, 0) is 24.6 Å². The largest absolute Gasteiger partial charge is 0.123 e. The van der Waals surface area contributed by atoms with Gasteiger partial charge in [0.1, 0.15) is 0 Å². The lowest BCUT2D eigenvalue weighted by molar-refractivity contribution is 1.44. The highest BCUT2D eigenvalue weighted by Crippen LogP contribution is 2.04. The third-order valence-corrected chi connectivity index (χ3v) is 3.67. The summed E-state index contributed by atoms with van der Waals surface area (Å²) in [5.41, 5.74) is 0. The van der Waals surface area contributed by atoms with E-state index in [1.54, 1.807) is 0 Å². The second kappa shape index (κ2) is 20.5. The van der Waals surface area contributed by atoms with Gasteiger partial charge in [0, 0.05) is 0 Å². The first-order valence-electron chi connectivity index (χ1n) is 6.24. The van der Waals surface area contributed by atoms with Crippen molar-refractivity contribution in [2.45, 2.75) is 27.7 Å². The Morgan fingerprint density at radius 2 is 0.688 bits per heavy atom. The predicted octanol–water partition coefficient (Wildman–Crippen LogP) is 5.10. The molecule has 1 aromatic rings. The van der Waals surface area contributed by atoms with E-state index in [1.165, 1.54) is 41.8 Å². The molecule has 0 fully saturated rings. The van der Waals surface area contributed by atoms with Gasteiger partial charge in [-0.2, -0.15) is 0 Å². The molecular weight excluding hydrogens is 230 g/mol. The summed E-state index contributed by atoms with van der Waals surface area (Å²) in [5.74, 6) is 0. The maximum absolute atomic E-state index is 2.22. The van der Waals surface area contributed by atoms with Crippen LogP contribution in [0.4, 0.5) is 0 Å². The molecule has 0 radical (unpaired) electrons. The average molecular weight is 258 g/mol. The Labute approximate surface area is 106 Å². The Hall–Kier alpha value is 0.0800. The van der Waals surface area contributed by atoms with Gasteiger partial charge in [0.2, 0.25) is 0 Å². The number of hydrogen-bond donors (Lipinski definition) is 0. The summed E-state index contributed by atoms with van der Waals surface area (Å²) in [5, 5.41) is 0. The first kappa shape index (κ1) is 18.4. The predicted molar refractivity (Wildman–Crippen MR) is 85.2 cm³/mol.